The van der Waals surface area contributed by atoms with E-state index >= 15 is 0 Å². The van der Waals surface area contributed by atoms with Crippen LogP contribution in [-0.4, -0.2) is 49.0 Å². The molecule has 6 nitrogen and oxygen atoms in total. The monoisotopic (exact) mass is 433 g/mol. The van der Waals surface area contributed by atoms with Crippen molar-refractivity contribution in [2.75, 3.05) is 26.2 Å². The van der Waals surface area contributed by atoms with Crippen LogP contribution in [0.15, 0.2) is 38.2 Å². The Balaban J connectivity index is 1.67. The Labute approximate surface area is 154 Å². The number of piperazine rings is 1. The molecular weight excluding hydrogens is 418 g/mol. The van der Waals surface area contributed by atoms with E-state index in [1.54, 1.807) is 12.1 Å². The molecule has 130 valence electrons. The third-order valence-electron chi connectivity index (χ3n) is 3.90. The van der Waals surface area contributed by atoms with E-state index in [0.29, 0.717) is 32.7 Å². The van der Waals surface area contributed by atoms with Gasteiger partial charge in [0.2, 0.25) is 10.0 Å². The Morgan fingerprint density at radius 2 is 1.96 bits per heavy atom. The number of aromatic nitrogens is 1. The van der Waals surface area contributed by atoms with Crippen molar-refractivity contribution in [1.29, 1.82) is 0 Å². The molecule has 0 saturated carbocycles. The normalized spacial score (nSPS) is 17.3. The highest BCUT2D eigenvalue weighted by Crippen LogP contribution is 2.28. The van der Waals surface area contributed by atoms with Crippen LogP contribution in [0.5, 0.6) is 0 Å². The van der Waals surface area contributed by atoms with Gasteiger partial charge >= 0.3 is 0 Å². The first-order valence-corrected chi connectivity index (χ1v) is 10.1. The van der Waals surface area contributed by atoms with Crippen molar-refractivity contribution in [3.63, 3.8) is 0 Å². The first-order chi connectivity index (χ1) is 11.4. The Hall–Kier alpha value is -0.930. The van der Waals surface area contributed by atoms with Gasteiger partial charge in [0.15, 0.2) is 5.76 Å². The first kappa shape index (κ1) is 17.9. The van der Waals surface area contributed by atoms with Crippen molar-refractivity contribution in [2.45, 2.75) is 18.4 Å². The molecule has 9 heteroatoms. The summed E-state index contributed by atoms with van der Waals surface area (Å²) in [5, 5.41) is 4.09. The van der Waals surface area contributed by atoms with Gasteiger partial charge in [0.1, 0.15) is 4.90 Å². The summed E-state index contributed by atoms with van der Waals surface area (Å²) in [7, 11) is -3.58. The van der Waals surface area contributed by atoms with Crippen molar-refractivity contribution in [3.05, 3.63) is 45.2 Å². The molecule has 0 amide bonds. The van der Waals surface area contributed by atoms with Crippen LogP contribution in [0.2, 0.25) is 5.02 Å². The molecule has 2 heterocycles. The fourth-order valence-electron chi connectivity index (χ4n) is 2.66. The standard InChI is InChI=1S/C15H17BrClN3O3S/c1-11-8-13(23-18-11)10-19-4-6-20(7-5-19)24(21,22)15-3-2-12(16)9-14(15)17/h2-3,8-9H,4-7,10H2,1H3. The molecule has 2 aromatic rings. The number of aryl methyl sites for hydroxylation is 1. The van der Waals surface area contributed by atoms with E-state index in [-0.39, 0.29) is 9.92 Å². The van der Waals surface area contributed by atoms with E-state index < -0.39 is 10.0 Å². The number of sulfonamides is 1. The predicted octanol–water partition coefficient (Wildman–Crippen LogP) is 2.91. The molecule has 3 rings (SSSR count). The maximum Gasteiger partial charge on any atom is 0.244 e. The van der Waals surface area contributed by atoms with Gasteiger partial charge in [0.25, 0.3) is 0 Å². The molecule has 24 heavy (non-hydrogen) atoms. The van der Waals surface area contributed by atoms with Crippen LogP contribution in [0.25, 0.3) is 0 Å². The van der Waals surface area contributed by atoms with Gasteiger partial charge in [-0.1, -0.05) is 32.7 Å². The van der Waals surface area contributed by atoms with Gasteiger partial charge in [-0.3, -0.25) is 4.90 Å². The van der Waals surface area contributed by atoms with Crippen molar-refractivity contribution in [3.8, 4) is 0 Å². The summed E-state index contributed by atoms with van der Waals surface area (Å²) in [6, 6.07) is 6.70. The molecular formula is C15H17BrClN3O3S. The highest BCUT2D eigenvalue weighted by atomic mass is 79.9. The molecule has 0 spiro atoms. The minimum Gasteiger partial charge on any atom is -0.360 e. The fourth-order valence-corrected chi connectivity index (χ4v) is 5.10. The molecule has 0 aliphatic carbocycles. The molecule has 1 aliphatic heterocycles. The summed E-state index contributed by atoms with van der Waals surface area (Å²) in [5.74, 6) is 0.791. The molecule has 1 saturated heterocycles. The average Bonchev–Trinajstić information content (AvgIpc) is 2.92. The van der Waals surface area contributed by atoms with Crippen molar-refractivity contribution >= 4 is 37.6 Å². The summed E-state index contributed by atoms with van der Waals surface area (Å²) >= 11 is 9.39. The first-order valence-electron chi connectivity index (χ1n) is 7.46. The van der Waals surface area contributed by atoms with Gasteiger partial charge in [-0.15, -0.1) is 0 Å². The van der Waals surface area contributed by atoms with Gasteiger partial charge in [0.05, 0.1) is 17.3 Å². The number of rotatable bonds is 4. The van der Waals surface area contributed by atoms with Gasteiger partial charge < -0.3 is 4.52 Å². The third-order valence-corrected chi connectivity index (χ3v) is 6.77. The third kappa shape index (κ3) is 3.83. The zero-order chi connectivity index (χ0) is 17.3. The van der Waals surface area contributed by atoms with Crippen LogP contribution < -0.4 is 0 Å². The van der Waals surface area contributed by atoms with Crippen molar-refractivity contribution in [2.24, 2.45) is 0 Å². The number of hydrogen-bond donors (Lipinski definition) is 0. The second-order valence-corrected chi connectivity index (χ2v) is 8.92. The van der Waals surface area contributed by atoms with E-state index in [9.17, 15) is 8.42 Å². The summed E-state index contributed by atoms with van der Waals surface area (Å²) in [4.78, 5) is 2.29. The van der Waals surface area contributed by atoms with Crippen molar-refractivity contribution < 1.29 is 12.9 Å². The maximum absolute atomic E-state index is 12.8. The zero-order valence-corrected chi connectivity index (χ0v) is 16.2. The molecule has 0 atom stereocenters. The largest absolute Gasteiger partial charge is 0.360 e. The van der Waals surface area contributed by atoms with E-state index in [2.05, 4.69) is 26.0 Å². The molecule has 0 unspecified atom stereocenters. The summed E-state index contributed by atoms with van der Waals surface area (Å²) in [5.41, 5.74) is 0.844. The van der Waals surface area contributed by atoms with Gasteiger partial charge in [-0.05, 0) is 25.1 Å². The second kappa shape index (κ2) is 7.13. The lowest BCUT2D eigenvalue weighted by molar-refractivity contribution is 0.166. The molecule has 1 fully saturated rings. The lowest BCUT2D eigenvalue weighted by Crippen LogP contribution is -2.48. The van der Waals surface area contributed by atoms with Crippen LogP contribution in [0.3, 0.4) is 0 Å². The Morgan fingerprint density at radius 1 is 1.25 bits per heavy atom. The average molecular weight is 435 g/mol. The van der Waals surface area contributed by atoms with Gasteiger partial charge in [0, 0.05) is 36.7 Å². The topological polar surface area (TPSA) is 66.7 Å². The fraction of sp³-hybridized carbons (Fsp3) is 0.400. The van der Waals surface area contributed by atoms with Crippen molar-refractivity contribution in [1.82, 2.24) is 14.4 Å². The van der Waals surface area contributed by atoms with E-state index in [1.807, 2.05) is 13.0 Å². The van der Waals surface area contributed by atoms with Crippen LogP contribution in [0, 0.1) is 6.92 Å². The van der Waals surface area contributed by atoms with Gasteiger partial charge in [-0.25, -0.2) is 8.42 Å². The Bertz CT molecular complexity index is 832. The number of halogens is 2. The minimum absolute atomic E-state index is 0.145. The molecule has 0 N–H and O–H groups in total. The maximum atomic E-state index is 12.8. The molecule has 1 aromatic carbocycles. The smallest absolute Gasteiger partial charge is 0.244 e. The lowest BCUT2D eigenvalue weighted by atomic mass is 10.3. The molecule has 0 bridgehead atoms. The van der Waals surface area contributed by atoms with Crippen LogP contribution >= 0.6 is 27.5 Å². The molecule has 1 aliphatic rings. The van der Waals surface area contributed by atoms with E-state index in [0.717, 1.165) is 15.9 Å². The van der Waals surface area contributed by atoms with Crippen LogP contribution in [0.4, 0.5) is 0 Å². The lowest BCUT2D eigenvalue weighted by Gasteiger charge is -2.33. The summed E-state index contributed by atoms with van der Waals surface area (Å²) < 4.78 is 33.0. The second-order valence-electron chi connectivity index (χ2n) is 5.69. The minimum atomic E-state index is -3.58. The SMILES string of the molecule is Cc1cc(CN2CCN(S(=O)(=O)c3ccc(Br)cc3Cl)CC2)on1. The predicted molar refractivity (Wildman–Crippen MR) is 94.4 cm³/mol. The molecule has 0 radical (unpaired) electrons. The number of nitrogens with zero attached hydrogens (tertiary/aromatic N) is 3. The zero-order valence-electron chi connectivity index (χ0n) is 13.1. The van der Waals surface area contributed by atoms with E-state index in [4.69, 9.17) is 16.1 Å². The van der Waals surface area contributed by atoms with E-state index in [1.165, 1.54) is 10.4 Å². The summed E-state index contributed by atoms with van der Waals surface area (Å²) in [6.45, 7) is 4.61. The Kier molecular flexibility index (Phi) is 5.31. The highest BCUT2D eigenvalue weighted by Gasteiger charge is 2.30. The number of hydrogen-bond acceptors (Lipinski definition) is 5. The highest BCUT2D eigenvalue weighted by molar-refractivity contribution is 9.10. The molecule has 1 aromatic heterocycles. The van der Waals surface area contributed by atoms with Crippen LogP contribution in [0.1, 0.15) is 11.5 Å². The Morgan fingerprint density at radius 3 is 2.54 bits per heavy atom. The quantitative estimate of drug-likeness (QED) is 0.740. The number of benzene rings is 1. The van der Waals surface area contributed by atoms with Crippen LogP contribution in [-0.2, 0) is 16.6 Å². The van der Waals surface area contributed by atoms with Gasteiger partial charge in [-0.2, -0.15) is 4.31 Å². The summed E-state index contributed by atoms with van der Waals surface area (Å²) in [6.07, 6.45) is 0.